The van der Waals surface area contributed by atoms with Gasteiger partial charge in [-0.15, -0.1) is 0 Å². The Labute approximate surface area is 288 Å². The molecule has 0 amide bonds. The van der Waals surface area contributed by atoms with Crippen molar-refractivity contribution in [2.24, 2.45) is 0 Å². The van der Waals surface area contributed by atoms with Crippen LogP contribution in [0, 0.1) is 0 Å². The summed E-state index contributed by atoms with van der Waals surface area (Å²) in [5.74, 6) is 0. The van der Waals surface area contributed by atoms with Gasteiger partial charge in [0.05, 0.1) is 0 Å². The van der Waals surface area contributed by atoms with E-state index in [1.807, 2.05) is 0 Å². The van der Waals surface area contributed by atoms with E-state index in [0.717, 1.165) is 0 Å². The van der Waals surface area contributed by atoms with Crippen molar-refractivity contribution in [3.63, 3.8) is 0 Å². The van der Waals surface area contributed by atoms with Crippen LogP contribution in [0.3, 0.4) is 0 Å². The molecule has 8 aromatic rings. The Kier molecular flexibility index (Phi) is 6.92. The van der Waals surface area contributed by atoms with Crippen molar-refractivity contribution in [2.45, 2.75) is 19.3 Å². The number of fused-ring (bicyclic) bond motifs is 5. The van der Waals surface area contributed by atoms with E-state index in [1.54, 1.807) is 0 Å². The third-order valence-corrected chi connectivity index (χ3v) is 10.4. The van der Waals surface area contributed by atoms with Gasteiger partial charge in [0, 0.05) is 5.41 Å². The Morgan fingerprint density at radius 3 is 1.43 bits per heavy atom. The summed E-state index contributed by atoms with van der Waals surface area (Å²) < 4.78 is 0. The first kappa shape index (κ1) is 29.2. The molecular weight excluding hydrogens is 589 g/mol. The topological polar surface area (TPSA) is 0 Å². The van der Waals surface area contributed by atoms with Crippen molar-refractivity contribution < 1.29 is 0 Å². The second-order valence-electron chi connectivity index (χ2n) is 13.9. The summed E-state index contributed by atoms with van der Waals surface area (Å²) in [6, 6.07) is 62.4. The summed E-state index contributed by atoms with van der Waals surface area (Å²) in [5.41, 5.74) is 15.3. The fourth-order valence-corrected chi connectivity index (χ4v) is 7.63. The number of hydrogen-bond donors (Lipinski definition) is 0. The molecule has 0 heterocycles. The fraction of sp³-hybridized carbons (Fsp3) is 0.0612. The summed E-state index contributed by atoms with van der Waals surface area (Å²) in [6.07, 6.45) is 4.40. The third kappa shape index (κ3) is 5.27. The monoisotopic (exact) mass is 624 g/mol. The number of hydrogen-bond acceptors (Lipinski definition) is 0. The Balaban J connectivity index is 0.982. The summed E-state index contributed by atoms with van der Waals surface area (Å²) in [5, 5.41) is 5.08. The van der Waals surface area contributed by atoms with E-state index < -0.39 is 0 Å². The van der Waals surface area contributed by atoms with Crippen LogP contribution in [0.1, 0.15) is 36.1 Å². The predicted molar refractivity (Wildman–Crippen MR) is 211 cm³/mol. The quantitative estimate of drug-likeness (QED) is 0.167. The molecule has 0 spiro atoms. The van der Waals surface area contributed by atoms with Crippen molar-refractivity contribution in [1.29, 1.82) is 0 Å². The lowest BCUT2D eigenvalue weighted by molar-refractivity contribution is 0.661. The van der Waals surface area contributed by atoms with Gasteiger partial charge in [-0.05, 0) is 119 Å². The Morgan fingerprint density at radius 1 is 0.327 bits per heavy atom. The van der Waals surface area contributed by atoms with Crippen molar-refractivity contribution in [3.8, 4) is 44.5 Å². The van der Waals surface area contributed by atoms with E-state index in [2.05, 4.69) is 196 Å². The van der Waals surface area contributed by atoms with Gasteiger partial charge in [-0.25, -0.2) is 0 Å². The average molecular weight is 625 g/mol. The smallest absolute Gasteiger partial charge is 0.0159 e. The minimum atomic E-state index is -0.102. The predicted octanol–water partition coefficient (Wildman–Crippen LogP) is 13.5. The van der Waals surface area contributed by atoms with Gasteiger partial charge in [0.15, 0.2) is 0 Å². The second-order valence-corrected chi connectivity index (χ2v) is 13.9. The van der Waals surface area contributed by atoms with E-state index in [-0.39, 0.29) is 5.41 Å². The molecule has 49 heavy (non-hydrogen) atoms. The van der Waals surface area contributed by atoms with Crippen molar-refractivity contribution in [3.05, 3.63) is 192 Å². The second kappa shape index (κ2) is 11.6. The molecule has 0 fully saturated rings. The summed E-state index contributed by atoms with van der Waals surface area (Å²) in [7, 11) is 0. The molecule has 0 saturated heterocycles. The standard InChI is InChI=1S/C49H36/c1-49(2)47-31-43(37-19-16-33(17-20-37)14-15-34-18-21-35-8-3-5-10-38(35)28-34)24-26-45(47)46-27-25-44(32-48(46)49)41-13-7-12-40(30-41)42-23-22-36-9-4-6-11-39(36)29-42/h3-32H,1-2H3. The molecule has 0 bridgehead atoms. The Morgan fingerprint density at radius 2 is 0.776 bits per heavy atom. The van der Waals surface area contributed by atoms with Crippen LogP contribution in [0.4, 0.5) is 0 Å². The molecular formula is C49H36. The highest BCUT2D eigenvalue weighted by Gasteiger charge is 2.35. The Bertz CT molecular complexity index is 2560. The summed E-state index contributed by atoms with van der Waals surface area (Å²) in [4.78, 5) is 0. The largest absolute Gasteiger partial charge is 0.0616 e. The molecule has 0 heteroatoms. The van der Waals surface area contributed by atoms with Crippen LogP contribution in [0.25, 0.3) is 78.2 Å². The fourth-order valence-electron chi connectivity index (χ4n) is 7.63. The molecule has 1 aliphatic rings. The highest BCUT2D eigenvalue weighted by Crippen LogP contribution is 2.50. The molecule has 8 aromatic carbocycles. The van der Waals surface area contributed by atoms with Crippen LogP contribution in [0.2, 0.25) is 0 Å². The van der Waals surface area contributed by atoms with E-state index in [4.69, 9.17) is 0 Å². The van der Waals surface area contributed by atoms with Crippen LogP contribution in [0.5, 0.6) is 0 Å². The van der Waals surface area contributed by atoms with Crippen LogP contribution in [-0.4, -0.2) is 0 Å². The molecule has 0 N–H and O–H groups in total. The first-order valence-electron chi connectivity index (χ1n) is 17.2. The molecule has 0 unspecified atom stereocenters. The molecule has 0 saturated carbocycles. The lowest BCUT2D eigenvalue weighted by atomic mass is 9.80. The zero-order chi connectivity index (χ0) is 33.0. The SMILES string of the molecule is CC1(C)c2cc(-c3ccc(C=Cc4ccc5ccccc5c4)cc3)ccc2-c2ccc(-c3cccc(-c4ccc5ccccc5c4)c3)cc21. The van der Waals surface area contributed by atoms with Gasteiger partial charge in [0.25, 0.3) is 0 Å². The van der Waals surface area contributed by atoms with Gasteiger partial charge in [-0.3, -0.25) is 0 Å². The minimum Gasteiger partial charge on any atom is -0.0616 e. The summed E-state index contributed by atoms with van der Waals surface area (Å²) >= 11 is 0. The van der Waals surface area contributed by atoms with Crippen LogP contribution < -0.4 is 0 Å². The third-order valence-electron chi connectivity index (χ3n) is 10.4. The average Bonchev–Trinajstić information content (AvgIpc) is 3.38. The van der Waals surface area contributed by atoms with E-state index in [0.29, 0.717) is 0 Å². The number of rotatable bonds is 5. The van der Waals surface area contributed by atoms with Gasteiger partial charge < -0.3 is 0 Å². The molecule has 232 valence electrons. The van der Waals surface area contributed by atoms with E-state index in [9.17, 15) is 0 Å². The van der Waals surface area contributed by atoms with Gasteiger partial charge in [-0.1, -0.05) is 166 Å². The van der Waals surface area contributed by atoms with Gasteiger partial charge in [0.1, 0.15) is 0 Å². The normalized spacial score (nSPS) is 13.2. The molecule has 9 rings (SSSR count). The van der Waals surface area contributed by atoms with Crippen molar-refractivity contribution in [1.82, 2.24) is 0 Å². The molecule has 0 aliphatic heterocycles. The maximum atomic E-state index is 2.42. The lowest BCUT2D eigenvalue weighted by Crippen LogP contribution is -2.15. The van der Waals surface area contributed by atoms with Gasteiger partial charge in [-0.2, -0.15) is 0 Å². The van der Waals surface area contributed by atoms with Crippen LogP contribution in [-0.2, 0) is 5.41 Å². The summed E-state index contributed by atoms with van der Waals surface area (Å²) in [6.45, 7) is 4.74. The highest BCUT2D eigenvalue weighted by atomic mass is 14.4. The van der Waals surface area contributed by atoms with Gasteiger partial charge in [0.2, 0.25) is 0 Å². The highest BCUT2D eigenvalue weighted by molar-refractivity contribution is 5.90. The van der Waals surface area contributed by atoms with Crippen LogP contribution in [0.15, 0.2) is 170 Å². The lowest BCUT2D eigenvalue weighted by Gasteiger charge is -2.22. The van der Waals surface area contributed by atoms with Crippen molar-refractivity contribution in [2.75, 3.05) is 0 Å². The molecule has 0 atom stereocenters. The van der Waals surface area contributed by atoms with E-state index >= 15 is 0 Å². The molecule has 0 nitrogen and oxygen atoms in total. The molecule has 1 aliphatic carbocycles. The van der Waals surface area contributed by atoms with E-state index in [1.165, 1.54) is 88.3 Å². The Hall–Kier alpha value is -5.98. The number of benzene rings is 8. The first-order valence-corrected chi connectivity index (χ1v) is 17.2. The molecule has 0 aromatic heterocycles. The van der Waals surface area contributed by atoms with Crippen LogP contribution >= 0.6 is 0 Å². The minimum absolute atomic E-state index is 0.102. The maximum absolute atomic E-state index is 2.42. The van der Waals surface area contributed by atoms with Crippen molar-refractivity contribution >= 4 is 33.7 Å². The maximum Gasteiger partial charge on any atom is 0.0159 e. The molecule has 0 radical (unpaired) electrons. The first-order chi connectivity index (χ1) is 24.0. The van der Waals surface area contributed by atoms with Gasteiger partial charge >= 0.3 is 0 Å². The zero-order valence-electron chi connectivity index (χ0n) is 27.8. The zero-order valence-corrected chi connectivity index (χ0v) is 27.8.